The summed E-state index contributed by atoms with van der Waals surface area (Å²) in [6.07, 6.45) is 2.76. The predicted molar refractivity (Wildman–Crippen MR) is 142 cm³/mol. The summed E-state index contributed by atoms with van der Waals surface area (Å²) in [6.45, 7) is 0.191. The van der Waals surface area contributed by atoms with Crippen molar-refractivity contribution in [1.82, 2.24) is 9.80 Å². The number of hydrogen-bond acceptors (Lipinski definition) is 8. The van der Waals surface area contributed by atoms with Crippen molar-refractivity contribution in [3.63, 3.8) is 0 Å². The number of amides is 4. The van der Waals surface area contributed by atoms with E-state index in [1.54, 1.807) is 12.1 Å². The zero-order valence-corrected chi connectivity index (χ0v) is 22.5. The van der Waals surface area contributed by atoms with Gasteiger partial charge in [-0.3, -0.25) is 29.0 Å². The summed E-state index contributed by atoms with van der Waals surface area (Å²) in [6, 6.07) is 11.1. The van der Waals surface area contributed by atoms with Crippen molar-refractivity contribution >= 4 is 46.3 Å². The first-order valence-electron chi connectivity index (χ1n) is 13.1. The highest BCUT2D eigenvalue weighted by Crippen LogP contribution is 2.58. The number of rotatable bonds is 6. The minimum absolute atomic E-state index is 0.166. The zero-order chi connectivity index (χ0) is 26.8. The molecule has 0 radical (unpaired) electrons. The van der Waals surface area contributed by atoms with Gasteiger partial charge in [0.15, 0.2) is 0 Å². The van der Waals surface area contributed by atoms with Crippen molar-refractivity contribution in [3.05, 3.63) is 80.1 Å². The van der Waals surface area contributed by atoms with E-state index in [9.17, 15) is 24.3 Å². The fourth-order valence-electron chi connectivity index (χ4n) is 7.11. The lowest BCUT2D eigenvalue weighted by molar-refractivity contribution is -0.142. The molecule has 0 spiro atoms. The van der Waals surface area contributed by atoms with Gasteiger partial charge in [-0.1, -0.05) is 23.8 Å². The molecule has 4 aliphatic rings. The number of furan rings is 1. The van der Waals surface area contributed by atoms with Crippen LogP contribution in [0.2, 0.25) is 0 Å². The highest BCUT2D eigenvalue weighted by Gasteiger charge is 2.62. The Kier molecular flexibility index (Phi) is 5.94. The molecule has 10 heteroatoms. The van der Waals surface area contributed by atoms with Gasteiger partial charge in [0.2, 0.25) is 23.6 Å². The Labute approximate surface area is 232 Å². The molecule has 6 atom stereocenters. The third-order valence-electron chi connectivity index (χ3n) is 8.76. The minimum Gasteiger partial charge on any atom is -0.463 e. The largest absolute Gasteiger partial charge is 0.463 e. The van der Waals surface area contributed by atoms with Crippen LogP contribution in [0.4, 0.5) is 0 Å². The van der Waals surface area contributed by atoms with Gasteiger partial charge in [0, 0.05) is 9.75 Å². The van der Waals surface area contributed by atoms with Crippen LogP contribution in [0, 0.1) is 29.6 Å². The summed E-state index contributed by atoms with van der Waals surface area (Å²) in [4.78, 5) is 59.4. The van der Waals surface area contributed by atoms with Crippen LogP contribution in [0.25, 0.3) is 0 Å². The Balaban J connectivity index is 1.27. The summed E-state index contributed by atoms with van der Waals surface area (Å²) in [5.41, 5.74) is 0.898. The van der Waals surface area contributed by atoms with Crippen molar-refractivity contribution in [2.75, 3.05) is 0 Å². The molecule has 200 valence electrons. The number of aliphatic hydroxyl groups is 1. The second-order valence-electron chi connectivity index (χ2n) is 10.7. The molecule has 7 rings (SSSR count). The maximum absolute atomic E-state index is 13.8. The molecule has 0 bridgehead atoms. The Bertz CT molecular complexity index is 1490. The van der Waals surface area contributed by atoms with Crippen LogP contribution in [-0.4, -0.2) is 38.5 Å². The molecule has 3 aromatic rings. The molecular formula is C29H26N2O6S2. The molecule has 4 amide bonds. The lowest BCUT2D eigenvalue weighted by atomic mass is 9.58. The Hall–Kier alpha value is -3.34. The average molecular weight is 563 g/mol. The van der Waals surface area contributed by atoms with Gasteiger partial charge in [0.05, 0.1) is 42.7 Å². The number of aliphatic hydroxyl groups excluding tert-OH is 1. The van der Waals surface area contributed by atoms with E-state index in [2.05, 4.69) is 0 Å². The zero-order valence-electron chi connectivity index (χ0n) is 20.9. The molecule has 3 aromatic heterocycles. The molecule has 39 heavy (non-hydrogen) atoms. The van der Waals surface area contributed by atoms with Gasteiger partial charge in [-0.2, -0.15) is 0 Å². The average Bonchev–Trinajstić information content (AvgIpc) is 3.78. The SMILES string of the molecule is O=C1[C@H]2[C@H](CC=C3[C@H]2C[C@H]2C(=O)N(Cc4cccs4)C(=O)[C@H]2[C@H]3c2ccc(CO)o2)C(=O)N1Cc1cccs1. The number of thiophene rings is 2. The van der Waals surface area contributed by atoms with Crippen molar-refractivity contribution in [2.45, 2.75) is 38.5 Å². The van der Waals surface area contributed by atoms with E-state index in [1.165, 1.54) is 32.5 Å². The number of allylic oxidation sites excluding steroid dienone is 2. The van der Waals surface area contributed by atoms with Crippen molar-refractivity contribution in [3.8, 4) is 0 Å². The second kappa shape index (κ2) is 9.39. The van der Waals surface area contributed by atoms with Gasteiger partial charge in [0.25, 0.3) is 0 Å². The molecule has 2 saturated heterocycles. The maximum atomic E-state index is 13.8. The predicted octanol–water partition coefficient (Wildman–Crippen LogP) is 3.93. The summed E-state index contributed by atoms with van der Waals surface area (Å²) >= 11 is 3.00. The van der Waals surface area contributed by atoms with E-state index in [1.807, 2.05) is 41.1 Å². The topological polar surface area (TPSA) is 108 Å². The molecule has 0 aromatic carbocycles. The molecule has 3 fully saturated rings. The number of fused-ring (bicyclic) bond motifs is 4. The Morgan fingerprint density at radius 3 is 2.03 bits per heavy atom. The Morgan fingerprint density at radius 2 is 1.44 bits per heavy atom. The van der Waals surface area contributed by atoms with Crippen LogP contribution in [0.3, 0.4) is 0 Å². The minimum atomic E-state index is -0.649. The fourth-order valence-corrected chi connectivity index (χ4v) is 8.50. The smallest absolute Gasteiger partial charge is 0.234 e. The number of carbonyl (C=O) groups is 4. The van der Waals surface area contributed by atoms with Crippen LogP contribution in [0.5, 0.6) is 0 Å². The number of carbonyl (C=O) groups excluding carboxylic acids is 4. The summed E-state index contributed by atoms with van der Waals surface area (Å²) in [7, 11) is 0. The summed E-state index contributed by atoms with van der Waals surface area (Å²) in [5.74, 6) is -3.13. The third kappa shape index (κ3) is 3.80. The quantitative estimate of drug-likeness (QED) is 0.360. The first kappa shape index (κ1) is 24.7. The first-order chi connectivity index (χ1) is 19.0. The highest BCUT2D eigenvalue weighted by atomic mass is 32.1. The number of nitrogens with zero attached hydrogens (tertiary/aromatic N) is 2. The molecular weight excluding hydrogens is 536 g/mol. The molecule has 1 N–H and O–H groups in total. The fraction of sp³-hybridized carbons (Fsp3) is 0.379. The van der Waals surface area contributed by atoms with Gasteiger partial charge < -0.3 is 9.52 Å². The van der Waals surface area contributed by atoms with E-state index in [4.69, 9.17) is 4.42 Å². The van der Waals surface area contributed by atoms with E-state index in [-0.39, 0.29) is 49.2 Å². The lowest BCUT2D eigenvalue weighted by Crippen LogP contribution is -2.42. The van der Waals surface area contributed by atoms with Crippen LogP contribution >= 0.6 is 22.7 Å². The normalized spacial score (nSPS) is 30.0. The molecule has 5 heterocycles. The lowest BCUT2D eigenvalue weighted by Gasteiger charge is -2.43. The summed E-state index contributed by atoms with van der Waals surface area (Å²) < 4.78 is 5.97. The standard InChI is InChI=1S/C29H26N2O6S2/c32-14-15-5-8-22(37-15)24-18-6-7-19-23(28(35)30(26(19)33)12-16-3-1-9-38-16)20(18)11-21-25(24)29(36)31(27(21)34)13-17-4-2-10-39-17/h1-6,8-10,19-21,23-25,32H,7,11-14H2/t19-,20+,21+,23-,24+,25+/m0/s1. The summed E-state index contributed by atoms with van der Waals surface area (Å²) in [5, 5.41) is 13.5. The highest BCUT2D eigenvalue weighted by molar-refractivity contribution is 7.10. The van der Waals surface area contributed by atoms with Gasteiger partial charge in [-0.25, -0.2) is 0 Å². The van der Waals surface area contributed by atoms with E-state index in [0.717, 1.165) is 15.3 Å². The van der Waals surface area contributed by atoms with E-state index >= 15 is 0 Å². The van der Waals surface area contributed by atoms with E-state index in [0.29, 0.717) is 24.4 Å². The van der Waals surface area contributed by atoms with Crippen LogP contribution in [0.1, 0.15) is 40.0 Å². The molecule has 1 saturated carbocycles. The number of imide groups is 2. The molecule has 2 aliphatic carbocycles. The van der Waals surface area contributed by atoms with Crippen molar-refractivity contribution < 1.29 is 28.7 Å². The third-order valence-corrected chi connectivity index (χ3v) is 10.5. The molecule has 0 unspecified atom stereocenters. The first-order valence-corrected chi connectivity index (χ1v) is 14.9. The van der Waals surface area contributed by atoms with Gasteiger partial charge in [-0.05, 0) is 53.8 Å². The Morgan fingerprint density at radius 1 is 0.795 bits per heavy atom. The maximum Gasteiger partial charge on any atom is 0.234 e. The number of likely N-dealkylation sites (tertiary alicyclic amines) is 2. The van der Waals surface area contributed by atoms with E-state index < -0.39 is 29.6 Å². The van der Waals surface area contributed by atoms with Gasteiger partial charge in [0.1, 0.15) is 18.1 Å². The van der Waals surface area contributed by atoms with Crippen molar-refractivity contribution in [1.29, 1.82) is 0 Å². The van der Waals surface area contributed by atoms with Crippen LogP contribution in [-0.2, 0) is 38.9 Å². The van der Waals surface area contributed by atoms with Gasteiger partial charge in [-0.15, -0.1) is 22.7 Å². The second-order valence-corrected chi connectivity index (χ2v) is 12.7. The van der Waals surface area contributed by atoms with Gasteiger partial charge >= 0.3 is 0 Å². The molecule has 2 aliphatic heterocycles. The number of hydrogen-bond donors (Lipinski definition) is 1. The monoisotopic (exact) mass is 562 g/mol. The molecule has 8 nitrogen and oxygen atoms in total. The van der Waals surface area contributed by atoms with Crippen LogP contribution in [0.15, 0.2) is 63.2 Å². The van der Waals surface area contributed by atoms with Crippen LogP contribution < -0.4 is 0 Å². The van der Waals surface area contributed by atoms with Crippen molar-refractivity contribution in [2.24, 2.45) is 29.6 Å².